The van der Waals surface area contributed by atoms with Crippen LogP contribution in [0.2, 0.25) is 0 Å². The molecule has 0 unspecified atom stereocenters. The van der Waals surface area contributed by atoms with Gasteiger partial charge in [-0.05, 0) is 30.0 Å². The van der Waals surface area contributed by atoms with Crippen molar-refractivity contribution >= 4 is 33.7 Å². The van der Waals surface area contributed by atoms with Crippen LogP contribution >= 0.6 is 0 Å². The van der Waals surface area contributed by atoms with Gasteiger partial charge in [-0.2, -0.15) is 5.10 Å². The number of hydrogen-bond acceptors (Lipinski definition) is 4. The molecule has 1 aromatic carbocycles. The standard InChI is InChI=1S/C20H21N7O2/c1-4-5-8-26-14(15-11(2)6-7-13-12(15)9-21-24-13)10-27-16-17(22-19(26)27)25(3)20(29)23-18(16)28/h6-7,9H,4-5,8,10H2,1-3H3,(H,23,28,29)/p+1. The number of hydrogen-bond donors (Lipinski definition) is 2. The van der Waals surface area contributed by atoms with Gasteiger partial charge in [0.15, 0.2) is 0 Å². The van der Waals surface area contributed by atoms with Crippen LogP contribution in [0.1, 0.15) is 30.9 Å². The predicted molar refractivity (Wildman–Crippen MR) is 110 cm³/mol. The van der Waals surface area contributed by atoms with E-state index < -0.39 is 11.2 Å². The van der Waals surface area contributed by atoms with E-state index in [1.807, 2.05) is 16.8 Å². The van der Waals surface area contributed by atoms with E-state index in [1.165, 1.54) is 4.57 Å². The molecule has 0 atom stereocenters. The van der Waals surface area contributed by atoms with Crippen LogP contribution < -0.4 is 11.2 Å². The van der Waals surface area contributed by atoms with Crippen LogP contribution in [0.5, 0.6) is 0 Å². The van der Waals surface area contributed by atoms with Gasteiger partial charge in [0.05, 0.1) is 18.3 Å². The van der Waals surface area contributed by atoms with E-state index in [4.69, 9.17) is 4.98 Å². The van der Waals surface area contributed by atoms with Gasteiger partial charge in [-0.3, -0.25) is 19.4 Å². The first kappa shape index (κ1) is 17.6. The summed E-state index contributed by atoms with van der Waals surface area (Å²) in [7, 11) is 1.63. The number of benzene rings is 1. The van der Waals surface area contributed by atoms with E-state index in [1.54, 1.807) is 7.05 Å². The Morgan fingerprint density at radius 2 is 2.10 bits per heavy atom. The number of aryl methyl sites for hydroxylation is 2. The van der Waals surface area contributed by atoms with Crippen LogP contribution in [0.3, 0.4) is 0 Å². The summed E-state index contributed by atoms with van der Waals surface area (Å²) >= 11 is 0. The normalized spacial score (nSPS) is 13.8. The number of imidazole rings is 1. The van der Waals surface area contributed by atoms with Crippen LogP contribution in [-0.2, 0) is 13.6 Å². The van der Waals surface area contributed by atoms with E-state index in [9.17, 15) is 9.59 Å². The third-order valence-electron chi connectivity index (χ3n) is 5.72. The van der Waals surface area contributed by atoms with E-state index in [0.717, 1.165) is 47.1 Å². The Bertz CT molecular complexity index is 1430. The van der Waals surface area contributed by atoms with Gasteiger partial charge in [0.25, 0.3) is 11.2 Å². The molecular weight excluding hydrogens is 370 g/mol. The number of nitrogens with one attached hydrogen (secondary N) is 2. The second kappa shape index (κ2) is 6.26. The number of H-pyrrole nitrogens is 2. The average Bonchev–Trinajstić information content (AvgIpc) is 3.38. The molecule has 0 saturated heterocycles. The lowest BCUT2D eigenvalue weighted by Gasteiger charge is -2.09. The fraction of sp³-hybridized carbons (Fsp3) is 0.350. The summed E-state index contributed by atoms with van der Waals surface area (Å²) in [6.45, 7) is 5.54. The monoisotopic (exact) mass is 392 g/mol. The lowest BCUT2D eigenvalue weighted by atomic mass is 9.99. The smallest absolute Gasteiger partial charge is 0.278 e. The molecule has 9 heteroatoms. The molecule has 0 aliphatic carbocycles. The Labute approximate surface area is 165 Å². The largest absolute Gasteiger partial charge is 0.402 e. The summed E-state index contributed by atoms with van der Waals surface area (Å²) in [4.78, 5) is 31.7. The zero-order valence-corrected chi connectivity index (χ0v) is 16.6. The molecule has 0 saturated carbocycles. The topological polar surface area (TPSA) is 104 Å². The Balaban J connectivity index is 1.82. The summed E-state index contributed by atoms with van der Waals surface area (Å²) in [5, 5.41) is 8.30. The van der Waals surface area contributed by atoms with Crippen molar-refractivity contribution in [3.63, 3.8) is 0 Å². The zero-order valence-electron chi connectivity index (χ0n) is 16.6. The van der Waals surface area contributed by atoms with Crippen LogP contribution in [0, 0.1) is 6.92 Å². The fourth-order valence-corrected chi connectivity index (χ4v) is 4.21. The quantitative estimate of drug-likeness (QED) is 0.514. The van der Waals surface area contributed by atoms with Crippen molar-refractivity contribution in [2.45, 2.75) is 33.2 Å². The highest BCUT2D eigenvalue weighted by Crippen LogP contribution is 2.30. The van der Waals surface area contributed by atoms with Crippen molar-refractivity contribution in [1.29, 1.82) is 0 Å². The zero-order chi connectivity index (χ0) is 20.3. The number of nitrogens with zero attached hydrogens (tertiary/aromatic N) is 5. The van der Waals surface area contributed by atoms with E-state index in [2.05, 4.69) is 39.7 Å². The second-order valence-corrected chi connectivity index (χ2v) is 7.53. The number of unbranched alkanes of at least 4 members (excludes halogenated alkanes) is 1. The highest BCUT2D eigenvalue weighted by molar-refractivity contribution is 6.10. The minimum atomic E-state index is -0.456. The van der Waals surface area contributed by atoms with Gasteiger partial charge in [-0.25, -0.2) is 13.9 Å². The second-order valence-electron chi connectivity index (χ2n) is 7.53. The number of fused-ring (bicyclic) bond motifs is 4. The van der Waals surface area contributed by atoms with Crippen LogP contribution in [0.15, 0.2) is 27.9 Å². The highest BCUT2D eigenvalue weighted by Gasteiger charge is 2.37. The maximum Gasteiger partial charge on any atom is 0.402 e. The molecule has 148 valence electrons. The average molecular weight is 392 g/mol. The molecule has 1 aliphatic heterocycles. The number of aromatic amines is 2. The number of rotatable bonds is 4. The first-order valence-electron chi connectivity index (χ1n) is 9.77. The minimum Gasteiger partial charge on any atom is -0.278 e. The molecule has 0 amide bonds. The van der Waals surface area contributed by atoms with Crippen molar-refractivity contribution in [3.05, 3.63) is 50.3 Å². The molecule has 0 bridgehead atoms. The lowest BCUT2D eigenvalue weighted by molar-refractivity contribution is -0.444. The van der Waals surface area contributed by atoms with Gasteiger partial charge in [-0.15, -0.1) is 0 Å². The SMILES string of the molecule is CCCC[N+]1=C(c2c(C)ccc3[nH]ncc23)Cn2c1nc1c2c(=O)[nH]c(=O)n1C. The van der Waals surface area contributed by atoms with Crippen molar-refractivity contribution in [2.75, 3.05) is 6.54 Å². The number of aromatic nitrogens is 6. The maximum absolute atomic E-state index is 12.6. The van der Waals surface area contributed by atoms with Gasteiger partial charge in [0.2, 0.25) is 5.52 Å². The third kappa shape index (κ3) is 2.43. The molecule has 3 aromatic heterocycles. The van der Waals surface area contributed by atoms with Gasteiger partial charge in [-0.1, -0.05) is 19.4 Å². The van der Waals surface area contributed by atoms with Crippen molar-refractivity contribution in [1.82, 2.24) is 29.3 Å². The Morgan fingerprint density at radius 1 is 1.28 bits per heavy atom. The van der Waals surface area contributed by atoms with Gasteiger partial charge >= 0.3 is 11.6 Å². The molecule has 9 nitrogen and oxygen atoms in total. The van der Waals surface area contributed by atoms with E-state index in [0.29, 0.717) is 23.7 Å². The Morgan fingerprint density at radius 3 is 2.90 bits per heavy atom. The highest BCUT2D eigenvalue weighted by atomic mass is 16.2. The molecule has 0 radical (unpaired) electrons. The summed E-state index contributed by atoms with van der Waals surface area (Å²) in [6.07, 6.45) is 3.87. The molecule has 5 rings (SSSR count). The van der Waals surface area contributed by atoms with Crippen molar-refractivity contribution in [3.8, 4) is 0 Å². The molecule has 1 aliphatic rings. The van der Waals surface area contributed by atoms with Crippen LogP contribution in [0.4, 0.5) is 5.95 Å². The van der Waals surface area contributed by atoms with Crippen LogP contribution in [0.25, 0.3) is 22.1 Å². The summed E-state index contributed by atoms with van der Waals surface area (Å²) in [5.41, 5.74) is 4.31. The molecule has 0 fully saturated rings. The minimum absolute atomic E-state index is 0.406. The molecule has 4 heterocycles. The molecule has 0 spiro atoms. The van der Waals surface area contributed by atoms with E-state index >= 15 is 0 Å². The summed E-state index contributed by atoms with van der Waals surface area (Å²) in [5.74, 6) is 0.704. The van der Waals surface area contributed by atoms with E-state index in [-0.39, 0.29) is 0 Å². The molecule has 4 aromatic rings. The predicted octanol–water partition coefficient (Wildman–Crippen LogP) is 1.56. The summed E-state index contributed by atoms with van der Waals surface area (Å²) < 4.78 is 5.49. The lowest BCUT2D eigenvalue weighted by Crippen LogP contribution is -2.29. The maximum atomic E-state index is 12.6. The third-order valence-corrected chi connectivity index (χ3v) is 5.72. The van der Waals surface area contributed by atoms with Crippen molar-refractivity contribution in [2.24, 2.45) is 7.05 Å². The van der Waals surface area contributed by atoms with Gasteiger partial charge in [0, 0.05) is 18.0 Å². The van der Waals surface area contributed by atoms with Crippen LogP contribution in [-0.4, -0.2) is 46.1 Å². The Kier molecular flexibility index (Phi) is 3.80. The first-order valence-corrected chi connectivity index (χ1v) is 9.77. The van der Waals surface area contributed by atoms with Gasteiger partial charge < -0.3 is 0 Å². The van der Waals surface area contributed by atoms with Crippen molar-refractivity contribution < 1.29 is 4.58 Å². The molecular formula is C20H22N7O2+. The Hall–Kier alpha value is -3.49. The summed E-state index contributed by atoms with van der Waals surface area (Å²) in [6, 6.07) is 4.11. The molecule has 29 heavy (non-hydrogen) atoms. The van der Waals surface area contributed by atoms with Gasteiger partial charge in [0.1, 0.15) is 12.3 Å². The first-order chi connectivity index (χ1) is 14.0. The molecule has 2 N–H and O–H groups in total. The fourth-order valence-electron chi connectivity index (χ4n) is 4.21.